The Morgan fingerprint density at radius 2 is 1.97 bits per heavy atom. The molecule has 0 saturated carbocycles. The van der Waals surface area contributed by atoms with Crippen LogP contribution in [0.3, 0.4) is 0 Å². The molecule has 1 fully saturated rings. The van der Waals surface area contributed by atoms with Crippen molar-refractivity contribution in [3.05, 3.63) is 71.9 Å². The highest BCUT2D eigenvalue weighted by molar-refractivity contribution is 5.98. The Bertz CT molecular complexity index is 1230. The van der Waals surface area contributed by atoms with Gasteiger partial charge in [0.2, 0.25) is 11.7 Å². The molecule has 4 aromatic rings. The van der Waals surface area contributed by atoms with E-state index < -0.39 is 0 Å². The molecule has 9 nitrogen and oxygen atoms in total. The van der Waals surface area contributed by atoms with E-state index in [0.717, 1.165) is 17.5 Å². The van der Waals surface area contributed by atoms with Crippen LogP contribution in [-0.4, -0.2) is 49.6 Å². The van der Waals surface area contributed by atoms with Gasteiger partial charge in [-0.3, -0.25) is 4.79 Å². The molecule has 0 radical (unpaired) electrons. The highest BCUT2D eigenvalue weighted by Crippen LogP contribution is 2.36. The molecule has 5 rings (SSSR count). The molecule has 0 N–H and O–H groups in total. The Morgan fingerprint density at radius 3 is 2.71 bits per heavy atom. The van der Waals surface area contributed by atoms with Gasteiger partial charge in [-0.05, 0) is 37.6 Å². The predicted molar refractivity (Wildman–Crippen MR) is 111 cm³/mol. The fraction of sp³-hybridized carbons (Fsp3) is 0.227. The van der Waals surface area contributed by atoms with Gasteiger partial charge in [0.05, 0.1) is 36.3 Å². The van der Waals surface area contributed by atoms with E-state index in [0.29, 0.717) is 35.3 Å². The van der Waals surface area contributed by atoms with Crippen molar-refractivity contribution in [3.63, 3.8) is 0 Å². The molecule has 31 heavy (non-hydrogen) atoms. The highest BCUT2D eigenvalue weighted by Gasteiger charge is 2.39. The lowest BCUT2D eigenvalue weighted by atomic mass is 9.99. The van der Waals surface area contributed by atoms with Gasteiger partial charge in [0.15, 0.2) is 0 Å². The number of benzene rings is 2. The molecule has 1 unspecified atom stereocenters. The molecule has 156 valence electrons. The Morgan fingerprint density at radius 1 is 1.16 bits per heavy atom. The molecule has 3 heterocycles. The van der Waals surface area contributed by atoms with E-state index in [2.05, 4.69) is 20.3 Å². The normalized spacial score (nSPS) is 15.5. The summed E-state index contributed by atoms with van der Waals surface area (Å²) in [6.07, 6.45) is 3.91. The van der Waals surface area contributed by atoms with Crippen molar-refractivity contribution >= 4 is 5.91 Å². The maximum atomic E-state index is 13.4. The largest absolute Gasteiger partial charge is 0.496 e. The van der Waals surface area contributed by atoms with Crippen molar-refractivity contribution in [1.29, 1.82) is 0 Å². The summed E-state index contributed by atoms with van der Waals surface area (Å²) in [5.74, 6) is 1.38. The summed E-state index contributed by atoms with van der Waals surface area (Å²) in [4.78, 5) is 21.1. The SMILES string of the molecule is COc1ccccc1-c1noc(C2CCN2C(=O)c2cc(C)ccc2-n2nccn2)n1. The van der Waals surface area contributed by atoms with Gasteiger partial charge in [-0.2, -0.15) is 20.0 Å². The van der Waals surface area contributed by atoms with Crippen LogP contribution in [0.1, 0.15) is 34.3 Å². The van der Waals surface area contributed by atoms with E-state index in [-0.39, 0.29) is 11.9 Å². The average Bonchev–Trinajstić information content (AvgIpc) is 3.45. The number of hydrogen-bond donors (Lipinski definition) is 0. The number of aromatic nitrogens is 5. The summed E-state index contributed by atoms with van der Waals surface area (Å²) in [6.45, 7) is 2.55. The van der Waals surface area contributed by atoms with Crippen molar-refractivity contribution in [2.75, 3.05) is 13.7 Å². The molecule has 0 bridgehead atoms. The van der Waals surface area contributed by atoms with Gasteiger partial charge in [-0.25, -0.2) is 0 Å². The molecule has 0 aliphatic carbocycles. The fourth-order valence-electron chi connectivity index (χ4n) is 3.69. The zero-order chi connectivity index (χ0) is 21.4. The summed E-state index contributed by atoms with van der Waals surface area (Å²) in [5.41, 5.74) is 2.88. The maximum Gasteiger partial charge on any atom is 0.256 e. The molecule has 9 heteroatoms. The molecule has 2 aromatic carbocycles. The van der Waals surface area contributed by atoms with Crippen molar-refractivity contribution < 1.29 is 14.1 Å². The number of rotatable bonds is 5. The number of carbonyl (C=O) groups is 1. The van der Waals surface area contributed by atoms with Crippen molar-refractivity contribution in [1.82, 2.24) is 30.0 Å². The second kappa shape index (κ2) is 7.67. The van der Waals surface area contributed by atoms with E-state index in [4.69, 9.17) is 9.26 Å². The number of amides is 1. The van der Waals surface area contributed by atoms with Crippen molar-refractivity contribution in [2.24, 2.45) is 0 Å². The zero-order valence-electron chi connectivity index (χ0n) is 17.1. The third-order valence-corrected chi connectivity index (χ3v) is 5.37. The van der Waals surface area contributed by atoms with E-state index in [9.17, 15) is 4.79 Å². The van der Waals surface area contributed by atoms with Gasteiger partial charge in [0.1, 0.15) is 11.8 Å². The van der Waals surface area contributed by atoms with Gasteiger partial charge in [-0.15, -0.1) is 0 Å². The van der Waals surface area contributed by atoms with Crippen LogP contribution in [0.5, 0.6) is 5.75 Å². The van der Waals surface area contributed by atoms with Gasteiger partial charge in [-0.1, -0.05) is 28.9 Å². The maximum absolute atomic E-state index is 13.4. The van der Waals surface area contributed by atoms with Gasteiger partial charge < -0.3 is 14.2 Å². The second-order valence-electron chi connectivity index (χ2n) is 7.30. The van der Waals surface area contributed by atoms with Crippen LogP contribution in [0.15, 0.2) is 59.4 Å². The van der Waals surface area contributed by atoms with Crippen molar-refractivity contribution in [2.45, 2.75) is 19.4 Å². The number of likely N-dealkylation sites (tertiary alicyclic amines) is 1. The lowest BCUT2D eigenvalue weighted by molar-refractivity contribution is 0.0378. The molecule has 1 aliphatic rings. The Labute approximate surface area is 178 Å². The first-order valence-electron chi connectivity index (χ1n) is 9.91. The Kier molecular flexibility index (Phi) is 4.70. The minimum Gasteiger partial charge on any atom is -0.496 e. The van der Waals surface area contributed by atoms with E-state index in [1.807, 2.05) is 49.4 Å². The third-order valence-electron chi connectivity index (χ3n) is 5.37. The third kappa shape index (κ3) is 3.33. The standard InChI is InChI=1S/C22H20N6O3/c1-14-7-8-17(28-23-10-11-24-28)16(13-14)22(29)27-12-9-18(27)21-25-20(26-31-21)15-5-3-4-6-19(15)30-2/h3-8,10-11,13,18H,9,12H2,1-2H3. The number of methoxy groups -OCH3 is 1. The molecule has 0 spiro atoms. The first-order chi connectivity index (χ1) is 15.2. The predicted octanol–water partition coefficient (Wildman–Crippen LogP) is 3.22. The minimum atomic E-state index is -0.276. The second-order valence-corrected chi connectivity index (χ2v) is 7.30. The summed E-state index contributed by atoms with van der Waals surface area (Å²) in [6, 6.07) is 12.8. The quantitative estimate of drug-likeness (QED) is 0.492. The number of nitrogens with zero attached hydrogens (tertiary/aromatic N) is 6. The van der Waals surface area contributed by atoms with Crippen molar-refractivity contribution in [3.8, 4) is 22.8 Å². The minimum absolute atomic E-state index is 0.121. The number of carbonyl (C=O) groups excluding carboxylic acids is 1. The molecule has 2 aromatic heterocycles. The van der Waals surface area contributed by atoms with Gasteiger partial charge >= 0.3 is 0 Å². The van der Waals surface area contributed by atoms with Crippen LogP contribution in [-0.2, 0) is 0 Å². The molecular formula is C22H20N6O3. The van der Waals surface area contributed by atoms with E-state index >= 15 is 0 Å². The Balaban J connectivity index is 1.44. The fourth-order valence-corrected chi connectivity index (χ4v) is 3.69. The summed E-state index contributed by atoms with van der Waals surface area (Å²) in [7, 11) is 1.60. The van der Waals surface area contributed by atoms with Crippen LogP contribution < -0.4 is 4.74 Å². The average molecular weight is 416 g/mol. The van der Waals surface area contributed by atoms with E-state index in [1.165, 1.54) is 4.80 Å². The van der Waals surface area contributed by atoms with Crippen LogP contribution in [0.4, 0.5) is 0 Å². The monoisotopic (exact) mass is 416 g/mol. The number of hydrogen-bond acceptors (Lipinski definition) is 7. The van der Waals surface area contributed by atoms with Crippen LogP contribution in [0, 0.1) is 6.92 Å². The van der Waals surface area contributed by atoms with Gasteiger partial charge in [0.25, 0.3) is 5.91 Å². The lowest BCUT2D eigenvalue weighted by Crippen LogP contribution is -2.45. The summed E-state index contributed by atoms with van der Waals surface area (Å²) < 4.78 is 10.9. The summed E-state index contributed by atoms with van der Waals surface area (Å²) >= 11 is 0. The topological polar surface area (TPSA) is 99.2 Å². The first-order valence-corrected chi connectivity index (χ1v) is 9.91. The van der Waals surface area contributed by atoms with Gasteiger partial charge in [0, 0.05) is 6.54 Å². The zero-order valence-corrected chi connectivity index (χ0v) is 17.1. The number of ether oxygens (including phenoxy) is 1. The van der Waals surface area contributed by atoms with Crippen LogP contribution in [0.25, 0.3) is 17.1 Å². The molecule has 1 amide bonds. The first kappa shape index (κ1) is 19.0. The van der Waals surface area contributed by atoms with Crippen LogP contribution in [0.2, 0.25) is 0 Å². The lowest BCUT2D eigenvalue weighted by Gasteiger charge is -2.38. The number of aryl methyl sites for hydroxylation is 1. The Hall–Kier alpha value is -4.01. The van der Waals surface area contributed by atoms with Crippen LogP contribution >= 0.6 is 0 Å². The number of para-hydroxylation sites is 1. The van der Waals surface area contributed by atoms with E-state index in [1.54, 1.807) is 24.4 Å². The highest BCUT2D eigenvalue weighted by atomic mass is 16.5. The molecular weight excluding hydrogens is 396 g/mol. The summed E-state index contributed by atoms with van der Waals surface area (Å²) in [5, 5.41) is 12.5. The molecule has 1 atom stereocenters. The molecule has 1 saturated heterocycles. The molecule has 1 aliphatic heterocycles. The smallest absolute Gasteiger partial charge is 0.256 e.